The summed E-state index contributed by atoms with van der Waals surface area (Å²) in [5, 5.41) is 0. The second kappa shape index (κ2) is 2.39. The van der Waals surface area contributed by atoms with Crippen LogP contribution in [-0.2, 0) is 0 Å². The highest BCUT2D eigenvalue weighted by Crippen LogP contribution is 2.40. The van der Waals surface area contributed by atoms with Gasteiger partial charge < -0.3 is 5.73 Å². The summed E-state index contributed by atoms with van der Waals surface area (Å²) in [6.07, 6.45) is 8.04. The van der Waals surface area contributed by atoms with Gasteiger partial charge in [-0.15, -0.1) is 0 Å². The van der Waals surface area contributed by atoms with Crippen LogP contribution in [0.2, 0.25) is 0 Å². The molecule has 1 saturated carbocycles. The van der Waals surface area contributed by atoms with Gasteiger partial charge in [0, 0.05) is 6.54 Å². The molecular formula is C9H15N. The summed E-state index contributed by atoms with van der Waals surface area (Å²) in [6.45, 7) is 0.799. The first-order valence-corrected chi connectivity index (χ1v) is 4.28. The van der Waals surface area contributed by atoms with E-state index in [1.807, 2.05) is 0 Å². The van der Waals surface area contributed by atoms with Gasteiger partial charge in [0.15, 0.2) is 0 Å². The molecule has 2 atom stereocenters. The number of rotatable bonds is 1. The first-order chi connectivity index (χ1) is 4.88. The van der Waals surface area contributed by atoms with Gasteiger partial charge in [-0.1, -0.05) is 11.6 Å². The van der Waals surface area contributed by atoms with Gasteiger partial charge in [-0.2, -0.15) is 0 Å². The lowest BCUT2D eigenvalue weighted by atomic mass is 9.90. The second-order valence-electron chi connectivity index (χ2n) is 3.67. The summed E-state index contributed by atoms with van der Waals surface area (Å²) < 4.78 is 0. The van der Waals surface area contributed by atoms with Gasteiger partial charge >= 0.3 is 0 Å². The van der Waals surface area contributed by atoms with Crippen molar-refractivity contribution in [2.24, 2.45) is 17.6 Å². The van der Waals surface area contributed by atoms with E-state index in [2.05, 4.69) is 6.08 Å². The van der Waals surface area contributed by atoms with Crippen molar-refractivity contribution in [1.29, 1.82) is 0 Å². The summed E-state index contributed by atoms with van der Waals surface area (Å²) in [5.41, 5.74) is 7.10. The van der Waals surface area contributed by atoms with Crippen molar-refractivity contribution in [1.82, 2.24) is 0 Å². The van der Waals surface area contributed by atoms with Crippen molar-refractivity contribution in [2.45, 2.75) is 25.7 Å². The lowest BCUT2D eigenvalue weighted by molar-refractivity contribution is 0.498. The normalized spacial score (nSPS) is 37.9. The Morgan fingerprint density at radius 2 is 2.40 bits per heavy atom. The van der Waals surface area contributed by atoms with Gasteiger partial charge in [0.2, 0.25) is 0 Å². The molecule has 10 heavy (non-hydrogen) atoms. The molecule has 2 aliphatic carbocycles. The highest BCUT2D eigenvalue weighted by molar-refractivity contribution is 5.13. The molecule has 0 aromatic carbocycles. The average molecular weight is 137 g/mol. The minimum absolute atomic E-state index is 0.799. The van der Waals surface area contributed by atoms with Crippen LogP contribution in [0.4, 0.5) is 0 Å². The van der Waals surface area contributed by atoms with E-state index in [-0.39, 0.29) is 0 Å². The van der Waals surface area contributed by atoms with E-state index in [4.69, 9.17) is 5.73 Å². The minimum atomic E-state index is 0.799. The molecule has 2 rings (SSSR count). The van der Waals surface area contributed by atoms with Gasteiger partial charge in [0.05, 0.1) is 0 Å². The monoisotopic (exact) mass is 137 g/mol. The van der Waals surface area contributed by atoms with E-state index in [9.17, 15) is 0 Å². The fourth-order valence-electron chi connectivity index (χ4n) is 2.37. The molecule has 2 bridgehead atoms. The SMILES string of the molecule is NCC1=CC2CCC(C1)C2. The minimum Gasteiger partial charge on any atom is -0.327 e. The quantitative estimate of drug-likeness (QED) is 0.547. The van der Waals surface area contributed by atoms with Crippen LogP contribution in [0, 0.1) is 11.8 Å². The molecule has 1 nitrogen and oxygen atoms in total. The first-order valence-electron chi connectivity index (χ1n) is 4.28. The van der Waals surface area contributed by atoms with E-state index in [1.165, 1.54) is 31.3 Å². The Kier molecular flexibility index (Phi) is 1.53. The van der Waals surface area contributed by atoms with Crippen molar-refractivity contribution >= 4 is 0 Å². The van der Waals surface area contributed by atoms with Crippen molar-refractivity contribution < 1.29 is 0 Å². The molecule has 0 heterocycles. The second-order valence-corrected chi connectivity index (χ2v) is 3.67. The lowest BCUT2D eigenvalue weighted by Crippen LogP contribution is -2.11. The molecule has 0 aromatic heterocycles. The fraction of sp³-hybridized carbons (Fsp3) is 0.778. The summed E-state index contributed by atoms with van der Waals surface area (Å²) in [6, 6.07) is 0. The standard InChI is InChI=1S/C9H15N/c10-6-9-4-7-1-2-8(3-7)5-9/h4,7-8H,1-3,5-6,10H2. The molecule has 0 spiro atoms. The van der Waals surface area contributed by atoms with E-state index in [0.29, 0.717) is 0 Å². The fourth-order valence-corrected chi connectivity index (χ4v) is 2.37. The molecule has 2 unspecified atom stereocenters. The summed E-state index contributed by atoms with van der Waals surface area (Å²) in [5.74, 6) is 1.89. The predicted molar refractivity (Wildman–Crippen MR) is 42.6 cm³/mol. The van der Waals surface area contributed by atoms with Crippen molar-refractivity contribution in [2.75, 3.05) is 6.54 Å². The summed E-state index contributed by atoms with van der Waals surface area (Å²) in [4.78, 5) is 0. The molecule has 0 aliphatic heterocycles. The van der Waals surface area contributed by atoms with Crippen LogP contribution >= 0.6 is 0 Å². The zero-order valence-corrected chi connectivity index (χ0v) is 6.34. The first kappa shape index (κ1) is 6.41. The van der Waals surface area contributed by atoms with E-state index >= 15 is 0 Å². The molecule has 0 aromatic rings. The number of allylic oxidation sites excluding steroid dienone is 1. The Hall–Kier alpha value is -0.300. The van der Waals surface area contributed by atoms with Gasteiger partial charge in [-0.25, -0.2) is 0 Å². The van der Waals surface area contributed by atoms with Crippen LogP contribution in [0.5, 0.6) is 0 Å². The Morgan fingerprint density at radius 1 is 1.50 bits per heavy atom. The smallest absolute Gasteiger partial charge is 0.0137 e. The topological polar surface area (TPSA) is 26.0 Å². The number of fused-ring (bicyclic) bond motifs is 2. The van der Waals surface area contributed by atoms with Crippen molar-refractivity contribution in [3.05, 3.63) is 11.6 Å². The number of nitrogens with two attached hydrogens (primary N) is 1. The Bertz CT molecular complexity index is 160. The maximum atomic E-state index is 5.59. The van der Waals surface area contributed by atoms with Gasteiger partial charge in [0.1, 0.15) is 0 Å². The van der Waals surface area contributed by atoms with Crippen LogP contribution < -0.4 is 5.73 Å². The van der Waals surface area contributed by atoms with Crippen LogP contribution in [0.25, 0.3) is 0 Å². The largest absolute Gasteiger partial charge is 0.327 e. The van der Waals surface area contributed by atoms with Crippen LogP contribution in [-0.4, -0.2) is 6.54 Å². The van der Waals surface area contributed by atoms with E-state index < -0.39 is 0 Å². The van der Waals surface area contributed by atoms with Crippen molar-refractivity contribution in [3.63, 3.8) is 0 Å². The maximum Gasteiger partial charge on any atom is 0.0137 e. The third kappa shape index (κ3) is 0.988. The summed E-state index contributed by atoms with van der Waals surface area (Å²) in [7, 11) is 0. The molecule has 1 heteroatoms. The zero-order chi connectivity index (χ0) is 6.97. The summed E-state index contributed by atoms with van der Waals surface area (Å²) >= 11 is 0. The van der Waals surface area contributed by atoms with E-state index in [0.717, 1.165) is 18.4 Å². The predicted octanol–water partition coefficient (Wildman–Crippen LogP) is 1.69. The third-order valence-electron chi connectivity index (χ3n) is 2.87. The zero-order valence-electron chi connectivity index (χ0n) is 6.34. The molecule has 0 radical (unpaired) electrons. The molecule has 2 N–H and O–H groups in total. The highest BCUT2D eigenvalue weighted by Gasteiger charge is 2.27. The lowest BCUT2D eigenvalue weighted by Gasteiger charge is -2.17. The van der Waals surface area contributed by atoms with Crippen molar-refractivity contribution in [3.8, 4) is 0 Å². The Morgan fingerprint density at radius 3 is 3.10 bits per heavy atom. The molecular weight excluding hydrogens is 122 g/mol. The number of hydrogen-bond acceptors (Lipinski definition) is 1. The average Bonchev–Trinajstić information content (AvgIpc) is 2.30. The van der Waals surface area contributed by atoms with Gasteiger partial charge in [-0.05, 0) is 37.5 Å². The van der Waals surface area contributed by atoms with Gasteiger partial charge in [-0.3, -0.25) is 0 Å². The number of hydrogen-bond donors (Lipinski definition) is 1. The Labute approximate surface area is 62.3 Å². The van der Waals surface area contributed by atoms with Crippen LogP contribution in [0.15, 0.2) is 11.6 Å². The van der Waals surface area contributed by atoms with E-state index in [1.54, 1.807) is 0 Å². The van der Waals surface area contributed by atoms with Crippen LogP contribution in [0.3, 0.4) is 0 Å². The highest BCUT2D eigenvalue weighted by atomic mass is 14.5. The molecule has 1 fully saturated rings. The van der Waals surface area contributed by atoms with Gasteiger partial charge in [0.25, 0.3) is 0 Å². The molecule has 0 saturated heterocycles. The third-order valence-corrected chi connectivity index (χ3v) is 2.87. The maximum absolute atomic E-state index is 5.59. The molecule has 2 aliphatic rings. The van der Waals surface area contributed by atoms with Crippen LogP contribution in [0.1, 0.15) is 25.7 Å². The Balaban J connectivity index is 2.12. The molecule has 56 valence electrons. The molecule has 0 amide bonds.